The molecular formula is C15H14I2N2O3. The number of nitrogens with zero attached hydrogens (tertiary/aromatic N) is 1. The van der Waals surface area contributed by atoms with Gasteiger partial charge in [0.05, 0.1) is 25.7 Å². The molecule has 1 N–H and O–H groups in total. The Morgan fingerprint density at radius 2 is 2.05 bits per heavy atom. The van der Waals surface area contributed by atoms with Gasteiger partial charge in [-0.2, -0.15) is 5.10 Å². The van der Waals surface area contributed by atoms with E-state index in [0.717, 1.165) is 18.5 Å². The van der Waals surface area contributed by atoms with Crippen LogP contribution < -0.4 is 10.2 Å². The minimum Gasteiger partial charge on any atom is -0.489 e. The minimum absolute atomic E-state index is 0.120. The van der Waals surface area contributed by atoms with Crippen LogP contribution in [0.4, 0.5) is 0 Å². The molecule has 1 amide bonds. The molecule has 116 valence electrons. The summed E-state index contributed by atoms with van der Waals surface area (Å²) in [6, 6.07) is 7.12. The van der Waals surface area contributed by atoms with Crippen molar-refractivity contribution in [1.82, 2.24) is 5.43 Å². The highest BCUT2D eigenvalue weighted by Crippen LogP contribution is 2.29. The van der Waals surface area contributed by atoms with Gasteiger partial charge in [-0.3, -0.25) is 4.79 Å². The molecule has 0 bridgehead atoms. The molecule has 0 saturated heterocycles. The molecule has 0 saturated carbocycles. The predicted octanol–water partition coefficient (Wildman–Crippen LogP) is 4.04. The van der Waals surface area contributed by atoms with Crippen LogP contribution in [-0.4, -0.2) is 18.2 Å². The van der Waals surface area contributed by atoms with Gasteiger partial charge in [0.25, 0.3) is 0 Å². The molecule has 0 spiro atoms. The summed E-state index contributed by atoms with van der Waals surface area (Å²) < 4.78 is 12.8. The van der Waals surface area contributed by atoms with Gasteiger partial charge in [-0.05, 0) is 88.9 Å². The van der Waals surface area contributed by atoms with E-state index in [-0.39, 0.29) is 17.8 Å². The van der Waals surface area contributed by atoms with Crippen molar-refractivity contribution in [3.8, 4) is 5.75 Å². The van der Waals surface area contributed by atoms with Gasteiger partial charge >= 0.3 is 5.91 Å². The SMILES string of the molecule is CC(C)Oc1c(I)cc(/C=N\NC(=O)c2ccco2)cc1I. The zero-order chi connectivity index (χ0) is 16.1. The summed E-state index contributed by atoms with van der Waals surface area (Å²) in [5.74, 6) is 0.709. The second-order valence-corrected chi connectivity index (χ2v) is 6.98. The fraction of sp³-hybridized carbons (Fsp3) is 0.200. The van der Waals surface area contributed by atoms with Crippen LogP contribution in [0.5, 0.6) is 5.75 Å². The quantitative estimate of drug-likeness (QED) is 0.365. The number of hydrogen-bond donors (Lipinski definition) is 1. The monoisotopic (exact) mass is 524 g/mol. The number of carbonyl (C=O) groups is 1. The van der Waals surface area contributed by atoms with E-state index in [0.29, 0.717) is 0 Å². The largest absolute Gasteiger partial charge is 0.489 e. The lowest BCUT2D eigenvalue weighted by Crippen LogP contribution is -2.16. The summed E-state index contributed by atoms with van der Waals surface area (Å²) in [5, 5.41) is 3.94. The summed E-state index contributed by atoms with van der Waals surface area (Å²) in [6.07, 6.45) is 3.15. The summed E-state index contributed by atoms with van der Waals surface area (Å²) >= 11 is 4.45. The van der Waals surface area contributed by atoms with Crippen molar-refractivity contribution in [2.45, 2.75) is 20.0 Å². The molecule has 1 aromatic carbocycles. The molecule has 0 aliphatic heterocycles. The molecule has 7 heteroatoms. The summed E-state index contributed by atoms with van der Waals surface area (Å²) in [7, 11) is 0. The first-order valence-corrected chi connectivity index (χ1v) is 8.65. The zero-order valence-electron chi connectivity index (χ0n) is 12.0. The first-order chi connectivity index (χ1) is 10.5. The molecular weight excluding hydrogens is 510 g/mol. The Morgan fingerprint density at radius 1 is 1.36 bits per heavy atom. The van der Waals surface area contributed by atoms with Crippen molar-refractivity contribution < 1.29 is 13.9 Å². The van der Waals surface area contributed by atoms with Crippen LogP contribution in [0.15, 0.2) is 40.0 Å². The van der Waals surface area contributed by atoms with Gasteiger partial charge in [-0.25, -0.2) is 5.43 Å². The third-order valence-electron chi connectivity index (χ3n) is 2.50. The molecule has 2 aromatic rings. The van der Waals surface area contributed by atoms with E-state index in [1.165, 1.54) is 6.26 Å². The van der Waals surface area contributed by atoms with Gasteiger partial charge in [0.15, 0.2) is 5.76 Å². The van der Waals surface area contributed by atoms with Gasteiger partial charge in [0.2, 0.25) is 0 Å². The normalized spacial score (nSPS) is 11.1. The van der Waals surface area contributed by atoms with Crippen molar-refractivity contribution >= 4 is 57.3 Å². The van der Waals surface area contributed by atoms with E-state index in [1.54, 1.807) is 18.3 Å². The van der Waals surface area contributed by atoms with Gasteiger partial charge in [0.1, 0.15) is 5.75 Å². The van der Waals surface area contributed by atoms with Crippen LogP contribution in [0.2, 0.25) is 0 Å². The number of halogens is 2. The number of nitrogens with one attached hydrogen (secondary N) is 1. The molecule has 0 radical (unpaired) electrons. The van der Waals surface area contributed by atoms with E-state index in [1.807, 2.05) is 26.0 Å². The lowest BCUT2D eigenvalue weighted by Gasteiger charge is -2.14. The number of hydrogen-bond acceptors (Lipinski definition) is 4. The fourth-order valence-electron chi connectivity index (χ4n) is 1.63. The third-order valence-corrected chi connectivity index (χ3v) is 4.10. The number of hydrazone groups is 1. The third kappa shape index (κ3) is 4.70. The average molecular weight is 524 g/mol. The van der Waals surface area contributed by atoms with Crippen LogP contribution in [0.25, 0.3) is 0 Å². The molecule has 5 nitrogen and oxygen atoms in total. The highest BCUT2D eigenvalue weighted by molar-refractivity contribution is 14.1. The zero-order valence-corrected chi connectivity index (χ0v) is 16.3. The summed E-state index contributed by atoms with van der Waals surface area (Å²) in [4.78, 5) is 11.7. The summed E-state index contributed by atoms with van der Waals surface area (Å²) in [6.45, 7) is 3.98. The average Bonchev–Trinajstić information content (AvgIpc) is 2.97. The van der Waals surface area contributed by atoms with Crippen LogP contribution in [0.1, 0.15) is 30.0 Å². The van der Waals surface area contributed by atoms with E-state index < -0.39 is 0 Å². The first-order valence-electron chi connectivity index (χ1n) is 6.50. The van der Waals surface area contributed by atoms with Gasteiger partial charge in [-0.1, -0.05) is 0 Å². The highest BCUT2D eigenvalue weighted by Gasteiger charge is 2.10. The van der Waals surface area contributed by atoms with Crippen molar-refractivity contribution in [3.63, 3.8) is 0 Å². The topological polar surface area (TPSA) is 63.8 Å². The maximum absolute atomic E-state index is 11.7. The Balaban J connectivity index is 2.07. The summed E-state index contributed by atoms with van der Waals surface area (Å²) in [5.41, 5.74) is 3.30. The molecule has 1 heterocycles. The second-order valence-electron chi connectivity index (χ2n) is 4.66. The van der Waals surface area contributed by atoms with E-state index in [2.05, 4.69) is 55.7 Å². The molecule has 1 aromatic heterocycles. The van der Waals surface area contributed by atoms with Crippen LogP contribution in [0, 0.1) is 7.14 Å². The molecule has 22 heavy (non-hydrogen) atoms. The smallest absolute Gasteiger partial charge is 0.307 e. The molecule has 0 atom stereocenters. The Morgan fingerprint density at radius 3 is 2.59 bits per heavy atom. The second kappa shape index (κ2) is 7.95. The minimum atomic E-state index is -0.384. The van der Waals surface area contributed by atoms with E-state index in [9.17, 15) is 4.79 Å². The number of rotatable bonds is 5. The van der Waals surface area contributed by atoms with Gasteiger partial charge in [0, 0.05) is 0 Å². The van der Waals surface area contributed by atoms with E-state index >= 15 is 0 Å². The van der Waals surface area contributed by atoms with Gasteiger partial charge < -0.3 is 9.15 Å². The first kappa shape index (κ1) is 17.3. The number of benzene rings is 1. The Kier molecular flexibility index (Phi) is 6.24. The standard InChI is InChI=1S/C15H14I2N2O3/c1-9(2)22-14-11(16)6-10(7-12(14)17)8-18-19-15(20)13-4-3-5-21-13/h3-9H,1-2H3,(H,19,20)/b18-8-. The maximum atomic E-state index is 11.7. The molecule has 0 fully saturated rings. The number of amides is 1. The Hall–Kier alpha value is -1.10. The van der Waals surface area contributed by atoms with E-state index in [4.69, 9.17) is 9.15 Å². The fourth-order valence-corrected chi connectivity index (χ4v) is 3.70. The highest BCUT2D eigenvalue weighted by atomic mass is 127. The molecule has 0 aliphatic rings. The molecule has 0 aliphatic carbocycles. The Bertz CT molecular complexity index is 659. The maximum Gasteiger partial charge on any atom is 0.307 e. The number of ether oxygens (including phenoxy) is 1. The lowest BCUT2D eigenvalue weighted by molar-refractivity contribution is 0.0927. The van der Waals surface area contributed by atoms with Crippen molar-refractivity contribution in [2.24, 2.45) is 5.10 Å². The lowest BCUT2D eigenvalue weighted by atomic mass is 10.2. The Labute approximate surface area is 155 Å². The molecule has 2 rings (SSSR count). The van der Waals surface area contributed by atoms with Crippen molar-refractivity contribution in [3.05, 3.63) is 49.0 Å². The van der Waals surface area contributed by atoms with Gasteiger partial charge in [-0.15, -0.1) is 0 Å². The van der Waals surface area contributed by atoms with Crippen LogP contribution in [-0.2, 0) is 0 Å². The van der Waals surface area contributed by atoms with Crippen molar-refractivity contribution in [1.29, 1.82) is 0 Å². The number of carbonyl (C=O) groups excluding carboxylic acids is 1. The van der Waals surface area contributed by atoms with Crippen LogP contribution >= 0.6 is 45.2 Å². The van der Waals surface area contributed by atoms with Crippen LogP contribution in [0.3, 0.4) is 0 Å². The molecule has 0 unspecified atom stereocenters. The predicted molar refractivity (Wildman–Crippen MR) is 101 cm³/mol. The number of furan rings is 1. The van der Waals surface area contributed by atoms with Crippen molar-refractivity contribution in [2.75, 3.05) is 0 Å².